The van der Waals surface area contributed by atoms with Crippen molar-refractivity contribution in [3.05, 3.63) is 82.2 Å². The summed E-state index contributed by atoms with van der Waals surface area (Å²) < 4.78 is 35.9. The summed E-state index contributed by atoms with van der Waals surface area (Å²) in [5.41, 5.74) is 8.23. The van der Waals surface area contributed by atoms with Gasteiger partial charge in [0, 0.05) is 67.9 Å². The van der Waals surface area contributed by atoms with E-state index in [2.05, 4.69) is 9.98 Å². The standard InChI is InChI=1S/C27H26F2N4O3/c1-31-13-19-17(4-5-21(25(19)30)27(35)6-9-36-10-7-27)16-11-22(28)20(23(29)12-16)14-33-15-24-18(26(33)34)3-2-8-32-24/h2-5,8,11-13,35H,6-7,9-10,14-15,30H2,1H3. The first kappa shape index (κ1) is 24.0. The first-order valence-electron chi connectivity index (χ1n) is 11.7. The number of fused-ring (bicyclic) bond motifs is 1. The van der Waals surface area contributed by atoms with E-state index in [1.807, 2.05) is 0 Å². The Hall–Kier alpha value is -3.69. The van der Waals surface area contributed by atoms with Crippen molar-refractivity contribution in [3.8, 4) is 11.1 Å². The number of hydrogen-bond acceptors (Lipinski definition) is 6. The van der Waals surface area contributed by atoms with E-state index in [1.54, 1.807) is 37.5 Å². The number of rotatable bonds is 5. The Kier molecular flexibility index (Phi) is 6.27. The minimum absolute atomic E-state index is 0.193. The molecule has 36 heavy (non-hydrogen) atoms. The van der Waals surface area contributed by atoms with Gasteiger partial charge in [-0.05, 0) is 35.4 Å². The fourth-order valence-corrected chi connectivity index (χ4v) is 4.95. The van der Waals surface area contributed by atoms with Crippen LogP contribution in [0.2, 0.25) is 0 Å². The fraction of sp³-hybridized carbons (Fsp3) is 0.296. The Morgan fingerprint density at radius 2 is 1.92 bits per heavy atom. The summed E-state index contributed by atoms with van der Waals surface area (Å²) in [6, 6.07) is 9.16. The van der Waals surface area contributed by atoms with Crippen molar-refractivity contribution in [1.29, 1.82) is 0 Å². The fourth-order valence-electron chi connectivity index (χ4n) is 4.95. The van der Waals surface area contributed by atoms with Gasteiger partial charge in [0.15, 0.2) is 0 Å². The van der Waals surface area contributed by atoms with Gasteiger partial charge in [-0.3, -0.25) is 14.8 Å². The number of carbonyl (C=O) groups is 1. The number of amides is 1. The van der Waals surface area contributed by atoms with Crippen LogP contribution in [0.25, 0.3) is 11.1 Å². The lowest BCUT2D eigenvalue weighted by Crippen LogP contribution is -2.34. The largest absolute Gasteiger partial charge is 0.398 e. The van der Waals surface area contributed by atoms with Crippen molar-refractivity contribution in [2.75, 3.05) is 26.0 Å². The van der Waals surface area contributed by atoms with Crippen molar-refractivity contribution in [2.45, 2.75) is 31.5 Å². The van der Waals surface area contributed by atoms with E-state index in [1.165, 1.54) is 23.2 Å². The second kappa shape index (κ2) is 9.40. The summed E-state index contributed by atoms with van der Waals surface area (Å²) in [7, 11) is 1.57. The molecule has 0 bridgehead atoms. The predicted molar refractivity (Wildman–Crippen MR) is 131 cm³/mol. The molecule has 1 aromatic heterocycles. The molecule has 0 radical (unpaired) electrons. The minimum Gasteiger partial charge on any atom is -0.398 e. The summed E-state index contributed by atoms with van der Waals surface area (Å²) in [5, 5.41) is 11.2. The molecule has 3 aromatic rings. The summed E-state index contributed by atoms with van der Waals surface area (Å²) in [4.78, 5) is 22.3. The van der Waals surface area contributed by atoms with Crippen LogP contribution in [0.1, 0.15) is 45.6 Å². The number of benzene rings is 2. The molecular weight excluding hydrogens is 466 g/mol. The molecule has 3 heterocycles. The lowest BCUT2D eigenvalue weighted by Gasteiger charge is -2.34. The van der Waals surface area contributed by atoms with Crippen LogP contribution < -0.4 is 5.73 Å². The van der Waals surface area contributed by atoms with Crippen LogP contribution in [0, 0.1) is 11.6 Å². The molecule has 0 spiro atoms. The second-order valence-corrected chi connectivity index (χ2v) is 9.10. The van der Waals surface area contributed by atoms with Crippen LogP contribution in [0.3, 0.4) is 0 Å². The Morgan fingerprint density at radius 1 is 1.19 bits per heavy atom. The minimum atomic E-state index is -1.15. The molecule has 0 aliphatic carbocycles. The first-order chi connectivity index (χ1) is 17.3. The molecular formula is C27H26F2N4O3. The number of nitrogen functional groups attached to an aromatic ring is 1. The number of aromatic nitrogens is 1. The Morgan fingerprint density at radius 3 is 2.58 bits per heavy atom. The molecule has 186 valence electrons. The Labute approximate surface area is 207 Å². The molecule has 2 aliphatic heterocycles. The highest BCUT2D eigenvalue weighted by atomic mass is 19.1. The van der Waals surface area contributed by atoms with Gasteiger partial charge in [-0.1, -0.05) is 12.1 Å². The normalized spacial score (nSPS) is 17.1. The number of aliphatic hydroxyl groups is 1. The van der Waals surface area contributed by atoms with Crippen LogP contribution in [-0.2, 0) is 23.4 Å². The highest BCUT2D eigenvalue weighted by Crippen LogP contribution is 2.40. The molecule has 0 atom stereocenters. The molecule has 9 heteroatoms. The number of hydrogen-bond donors (Lipinski definition) is 2. The number of ether oxygens (including phenoxy) is 1. The molecule has 0 unspecified atom stereocenters. The molecule has 2 aromatic carbocycles. The van der Waals surface area contributed by atoms with Gasteiger partial charge >= 0.3 is 0 Å². The van der Waals surface area contributed by atoms with E-state index in [0.717, 1.165) is 0 Å². The van der Waals surface area contributed by atoms with Gasteiger partial charge in [0.25, 0.3) is 5.91 Å². The lowest BCUT2D eigenvalue weighted by molar-refractivity contribution is -0.0674. The van der Waals surface area contributed by atoms with E-state index < -0.39 is 17.2 Å². The number of aliphatic imine (C=N–C) groups is 1. The molecule has 5 rings (SSSR count). The molecule has 7 nitrogen and oxygen atoms in total. The van der Waals surface area contributed by atoms with Crippen molar-refractivity contribution in [2.24, 2.45) is 4.99 Å². The SMILES string of the molecule is CN=Cc1c(-c2cc(F)c(CN3Cc4ncccc4C3=O)c(F)c2)ccc(C2(O)CCOCC2)c1N. The maximum absolute atomic E-state index is 15.2. The maximum atomic E-state index is 15.2. The van der Waals surface area contributed by atoms with Crippen molar-refractivity contribution < 1.29 is 23.4 Å². The van der Waals surface area contributed by atoms with E-state index >= 15 is 8.78 Å². The summed E-state index contributed by atoms with van der Waals surface area (Å²) in [5.74, 6) is -1.85. The van der Waals surface area contributed by atoms with Gasteiger partial charge in [-0.2, -0.15) is 0 Å². The predicted octanol–water partition coefficient (Wildman–Crippen LogP) is 3.81. The molecule has 2 aliphatic rings. The third-order valence-corrected chi connectivity index (χ3v) is 6.92. The molecule has 0 saturated carbocycles. The van der Waals surface area contributed by atoms with Gasteiger partial charge in [-0.15, -0.1) is 0 Å². The van der Waals surface area contributed by atoms with Crippen LogP contribution in [-0.4, -0.2) is 47.4 Å². The van der Waals surface area contributed by atoms with Gasteiger partial charge in [0.1, 0.15) is 11.6 Å². The second-order valence-electron chi connectivity index (χ2n) is 9.10. The van der Waals surface area contributed by atoms with Crippen molar-refractivity contribution in [3.63, 3.8) is 0 Å². The highest BCUT2D eigenvalue weighted by molar-refractivity contribution is 5.98. The number of nitrogens with two attached hydrogens (primary N) is 1. The van der Waals surface area contributed by atoms with Crippen LogP contribution in [0.5, 0.6) is 0 Å². The molecule has 1 amide bonds. The zero-order valence-electron chi connectivity index (χ0n) is 19.8. The third-order valence-electron chi connectivity index (χ3n) is 6.92. The zero-order chi connectivity index (χ0) is 25.4. The smallest absolute Gasteiger partial charge is 0.256 e. The number of anilines is 1. The maximum Gasteiger partial charge on any atom is 0.256 e. The lowest BCUT2D eigenvalue weighted by atomic mass is 9.82. The quantitative estimate of drug-likeness (QED) is 0.417. The third kappa shape index (κ3) is 4.14. The Bertz CT molecular complexity index is 1350. The first-order valence-corrected chi connectivity index (χ1v) is 11.7. The summed E-state index contributed by atoms with van der Waals surface area (Å²) >= 11 is 0. The number of nitrogens with zero attached hydrogens (tertiary/aromatic N) is 3. The van der Waals surface area contributed by atoms with Crippen molar-refractivity contribution in [1.82, 2.24) is 9.88 Å². The van der Waals surface area contributed by atoms with Crippen LogP contribution in [0.15, 0.2) is 47.6 Å². The van der Waals surface area contributed by atoms with Gasteiger partial charge in [0.05, 0.1) is 29.9 Å². The van der Waals surface area contributed by atoms with E-state index in [9.17, 15) is 9.90 Å². The average Bonchev–Trinajstić information content (AvgIpc) is 3.18. The van der Waals surface area contributed by atoms with Crippen molar-refractivity contribution >= 4 is 17.8 Å². The van der Waals surface area contributed by atoms with E-state index in [-0.39, 0.29) is 30.1 Å². The summed E-state index contributed by atoms with van der Waals surface area (Å²) in [6.07, 6.45) is 3.89. The molecule has 1 fully saturated rings. The number of carbonyl (C=O) groups excluding carboxylic acids is 1. The Balaban J connectivity index is 1.49. The van der Waals surface area contributed by atoms with Gasteiger partial charge in [0.2, 0.25) is 0 Å². The zero-order valence-corrected chi connectivity index (χ0v) is 19.8. The molecule has 3 N–H and O–H groups in total. The summed E-state index contributed by atoms with van der Waals surface area (Å²) in [6.45, 7) is 0.798. The number of pyridine rings is 1. The average molecular weight is 493 g/mol. The van der Waals surface area contributed by atoms with Gasteiger partial charge < -0.3 is 20.5 Å². The van der Waals surface area contributed by atoms with Crippen LogP contribution >= 0.6 is 0 Å². The monoisotopic (exact) mass is 492 g/mol. The topological polar surface area (TPSA) is 101 Å². The highest BCUT2D eigenvalue weighted by Gasteiger charge is 2.35. The van der Waals surface area contributed by atoms with Crippen LogP contribution in [0.4, 0.5) is 14.5 Å². The molecule has 1 saturated heterocycles. The van der Waals surface area contributed by atoms with E-state index in [4.69, 9.17) is 10.5 Å². The number of halogens is 2. The van der Waals surface area contributed by atoms with E-state index in [0.29, 0.717) is 59.7 Å². The van der Waals surface area contributed by atoms with Gasteiger partial charge in [-0.25, -0.2) is 8.78 Å².